The number of nitrogens with one attached hydrogen (secondary N) is 2. The van der Waals surface area contributed by atoms with Crippen LogP contribution in [0.5, 0.6) is 0 Å². The first-order valence-corrected chi connectivity index (χ1v) is 6.13. The Bertz CT molecular complexity index is 187. The lowest BCUT2D eigenvalue weighted by molar-refractivity contribution is -0.0442. The van der Waals surface area contributed by atoms with Crippen molar-refractivity contribution in [1.82, 2.24) is 20.4 Å². The zero-order chi connectivity index (χ0) is 10.7. The minimum Gasteiger partial charge on any atom is -0.314 e. The monoisotopic (exact) mass is 356 g/mol. The van der Waals surface area contributed by atoms with Gasteiger partial charge in [-0.25, -0.2) is 0 Å². The van der Waals surface area contributed by atoms with Crippen molar-refractivity contribution in [2.24, 2.45) is 0 Å². The Morgan fingerprint density at radius 1 is 0.632 bits per heavy atom. The van der Waals surface area contributed by atoms with Crippen molar-refractivity contribution < 1.29 is 0 Å². The average molecular weight is 358 g/mol. The molecule has 0 aromatic rings. The second kappa shape index (κ2) is 11.6. The quantitative estimate of drug-likeness (QED) is 0.777. The van der Waals surface area contributed by atoms with Crippen LogP contribution in [0, 0.1) is 0 Å². The van der Waals surface area contributed by atoms with Crippen molar-refractivity contribution in [2.75, 3.05) is 52.4 Å². The predicted molar refractivity (Wildman–Crippen MR) is 92.0 cm³/mol. The smallest absolute Gasteiger partial charge is 0.0681 e. The van der Waals surface area contributed by atoms with E-state index in [-0.39, 0.29) is 55.3 Å². The topological polar surface area (TPSA) is 30.5 Å². The van der Waals surface area contributed by atoms with E-state index < -0.39 is 0 Å². The molecule has 0 atom stereocenters. The van der Waals surface area contributed by atoms with E-state index in [2.05, 4.69) is 34.3 Å². The number of nitrogens with zero attached hydrogens (tertiary/aromatic N) is 2. The highest BCUT2D eigenvalue weighted by Crippen LogP contribution is 2.20. The van der Waals surface area contributed by atoms with Gasteiger partial charge in [0.1, 0.15) is 0 Å². The normalized spacial score (nSPS) is 21.2. The van der Waals surface area contributed by atoms with E-state index in [1.54, 1.807) is 0 Å². The van der Waals surface area contributed by atoms with Crippen molar-refractivity contribution in [1.29, 1.82) is 0 Å². The summed E-state index contributed by atoms with van der Waals surface area (Å²) in [4.78, 5) is 5.21. The third kappa shape index (κ3) is 6.53. The molecule has 8 heteroatoms. The van der Waals surface area contributed by atoms with Gasteiger partial charge in [-0.2, -0.15) is 0 Å². The van der Waals surface area contributed by atoms with E-state index in [9.17, 15) is 0 Å². The van der Waals surface area contributed by atoms with Crippen molar-refractivity contribution >= 4 is 49.6 Å². The van der Waals surface area contributed by atoms with Gasteiger partial charge in [0.05, 0.1) is 5.66 Å². The maximum Gasteiger partial charge on any atom is 0.0681 e. The van der Waals surface area contributed by atoms with E-state index in [4.69, 9.17) is 0 Å². The molecule has 0 unspecified atom stereocenters. The van der Waals surface area contributed by atoms with E-state index in [1.165, 1.54) is 26.2 Å². The Morgan fingerprint density at radius 3 is 1.16 bits per heavy atom. The summed E-state index contributed by atoms with van der Waals surface area (Å²) in [6.07, 6.45) is 0. The maximum atomic E-state index is 3.42. The van der Waals surface area contributed by atoms with Crippen LogP contribution in [0.2, 0.25) is 0 Å². The molecule has 2 aliphatic heterocycles. The molecule has 2 saturated heterocycles. The highest BCUT2D eigenvalue weighted by Gasteiger charge is 2.34. The molecular weight excluding hydrogens is 330 g/mol. The molecule has 2 N–H and O–H groups in total. The molecule has 19 heavy (non-hydrogen) atoms. The van der Waals surface area contributed by atoms with E-state index in [1.807, 2.05) is 0 Å². The molecule has 0 bridgehead atoms. The van der Waals surface area contributed by atoms with E-state index >= 15 is 0 Å². The van der Waals surface area contributed by atoms with Crippen LogP contribution in [-0.4, -0.2) is 67.8 Å². The molecule has 0 radical (unpaired) electrons. The lowest BCUT2D eigenvalue weighted by atomic mass is 10.1. The Kier molecular flexibility index (Phi) is 15.3. The van der Waals surface area contributed by atoms with Gasteiger partial charge in [-0.05, 0) is 13.8 Å². The first kappa shape index (κ1) is 25.0. The summed E-state index contributed by atoms with van der Waals surface area (Å²) in [6, 6.07) is 0. The fourth-order valence-corrected chi connectivity index (χ4v) is 2.62. The van der Waals surface area contributed by atoms with Crippen LogP contribution < -0.4 is 10.6 Å². The van der Waals surface area contributed by atoms with Crippen LogP contribution in [0.25, 0.3) is 0 Å². The second-order valence-electron chi connectivity index (χ2n) is 4.97. The van der Waals surface area contributed by atoms with Gasteiger partial charge in [-0.3, -0.25) is 9.80 Å². The molecule has 2 heterocycles. The lowest BCUT2D eigenvalue weighted by Crippen LogP contribution is -2.64. The van der Waals surface area contributed by atoms with Gasteiger partial charge < -0.3 is 10.6 Å². The van der Waals surface area contributed by atoms with Crippen molar-refractivity contribution in [2.45, 2.75) is 19.5 Å². The molecule has 0 aromatic carbocycles. The van der Waals surface area contributed by atoms with E-state index in [0.29, 0.717) is 0 Å². The van der Waals surface area contributed by atoms with Gasteiger partial charge in [0.25, 0.3) is 0 Å². The van der Waals surface area contributed by atoms with Crippen LogP contribution in [0.4, 0.5) is 0 Å². The van der Waals surface area contributed by atoms with Crippen molar-refractivity contribution in [3.8, 4) is 0 Å². The Hall–Kier alpha value is 1.00. The molecule has 0 amide bonds. The van der Waals surface area contributed by atoms with Crippen LogP contribution in [-0.2, 0) is 0 Å². The molecule has 4 nitrogen and oxygen atoms in total. The third-order valence-corrected chi connectivity index (χ3v) is 3.78. The van der Waals surface area contributed by atoms with E-state index in [0.717, 1.165) is 26.2 Å². The fourth-order valence-electron chi connectivity index (χ4n) is 2.62. The molecule has 0 aromatic heterocycles. The minimum absolute atomic E-state index is 0. The summed E-state index contributed by atoms with van der Waals surface area (Å²) < 4.78 is 0. The molecule has 2 rings (SSSR count). The van der Waals surface area contributed by atoms with Crippen LogP contribution in [0.3, 0.4) is 0 Å². The van der Waals surface area contributed by atoms with Crippen LogP contribution in [0.15, 0.2) is 0 Å². The summed E-state index contributed by atoms with van der Waals surface area (Å²) in [6.45, 7) is 14.0. The molecule has 120 valence electrons. The Balaban J connectivity index is -0.000000640. The van der Waals surface area contributed by atoms with Gasteiger partial charge in [-0.1, -0.05) is 0 Å². The molecule has 0 spiro atoms. The summed E-state index contributed by atoms with van der Waals surface area (Å²) in [5.74, 6) is 0. The predicted octanol–water partition coefficient (Wildman–Crippen LogP) is 1.22. The first-order chi connectivity index (χ1) is 7.21. The van der Waals surface area contributed by atoms with Gasteiger partial charge in [0.15, 0.2) is 0 Å². The summed E-state index contributed by atoms with van der Waals surface area (Å²) in [7, 11) is 0. The van der Waals surface area contributed by atoms with Gasteiger partial charge in [-0.15, -0.1) is 49.6 Å². The summed E-state index contributed by atoms with van der Waals surface area (Å²) >= 11 is 0. The van der Waals surface area contributed by atoms with Gasteiger partial charge in [0, 0.05) is 52.4 Å². The minimum atomic E-state index is 0. The number of piperazine rings is 2. The third-order valence-electron chi connectivity index (χ3n) is 3.78. The van der Waals surface area contributed by atoms with Gasteiger partial charge >= 0.3 is 0 Å². The van der Waals surface area contributed by atoms with Crippen LogP contribution in [0.1, 0.15) is 13.8 Å². The molecule has 0 aliphatic carbocycles. The molecule has 2 aliphatic rings. The highest BCUT2D eigenvalue weighted by atomic mass is 35.5. The average Bonchev–Trinajstić information content (AvgIpc) is 2.31. The first-order valence-electron chi connectivity index (χ1n) is 6.13. The largest absolute Gasteiger partial charge is 0.314 e. The number of halogens is 4. The van der Waals surface area contributed by atoms with Crippen molar-refractivity contribution in [3.05, 3.63) is 0 Å². The Morgan fingerprint density at radius 2 is 0.895 bits per heavy atom. The SMILES string of the molecule is CC(C)(N1CCNCC1)N1CCNCC1.Cl.Cl.Cl.Cl. The number of hydrogen-bond donors (Lipinski definition) is 2. The number of rotatable bonds is 2. The second-order valence-corrected chi connectivity index (χ2v) is 4.97. The maximum absolute atomic E-state index is 3.42. The number of hydrogen-bond acceptors (Lipinski definition) is 4. The molecule has 2 fully saturated rings. The Labute approximate surface area is 142 Å². The molecular formula is C11H28Cl4N4. The fraction of sp³-hybridized carbons (Fsp3) is 1.00. The zero-order valence-corrected chi connectivity index (χ0v) is 15.0. The summed E-state index contributed by atoms with van der Waals surface area (Å²) in [5, 5.41) is 6.83. The van der Waals surface area contributed by atoms with Crippen molar-refractivity contribution in [3.63, 3.8) is 0 Å². The molecule has 0 saturated carbocycles. The van der Waals surface area contributed by atoms with Crippen LogP contribution >= 0.6 is 49.6 Å². The zero-order valence-electron chi connectivity index (χ0n) is 11.7. The van der Waals surface area contributed by atoms with Gasteiger partial charge in [0.2, 0.25) is 0 Å². The summed E-state index contributed by atoms with van der Waals surface area (Å²) in [5.41, 5.74) is 0.226. The lowest BCUT2D eigenvalue weighted by Gasteiger charge is -2.49. The highest BCUT2D eigenvalue weighted by molar-refractivity contribution is 5.86. The standard InChI is InChI=1S/C11H24N4.4ClH/c1-11(2,14-7-3-12-4-8-14)15-9-5-13-6-10-15;;;;/h12-13H,3-10H2,1-2H3;4*1H.